The van der Waals surface area contributed by atoms with E-state index in [-0.39, 0.29) is 31.3 Å². The van der Waals surface area contributed by atoms with Crippen molar-refractivity contribution in [3.8, 4) is 11.5 Å². The van der Waals surface area contributed by atoms with Crippen molar-refractivity contribution >= 4 is 23.3 Å². The van der Waals surface area contributed by atoms with Crippen molar-refractivity contribution in [3.63, 3.8) is 0 Å². The van der Waals surface area contributed by atoms with Gasteiger partial charge in [0.05, 0.1) is 12.1 Å². The van der Waals surface area contributed by atoms with Gasteiger partial charge < -0.3 is 25.1 Å². The minimum Gasteiger partial charge on any atom is -0.481 e. The predicted octanol–water partition coefficient (Wildman–Crippen LogP) is 2.71. The van der Waals surface area contributed by atoms with Gasteiger partial charge >= 0.3 is 5.97 Å². The number of carbonyl (C=O) groups is 2. The summed E-state index contributed by atoms with van der Waals surface area (Å²) in [5.74, 6) is -0.157. The molecule has 0 fully saturated rings. The molecule has 1 amide bonds. The predicted molar refractivity (Wildman–Crippen MR) is 92.2 cm³/mol. The van der Waals surface area contributed by atoms with Crippen molar-refractivity contribution in [2.45, 2.75) is 12.8 Å². The van der Waals surface area contributed by atoms with Gasteiger partial charge in [0.2, 0.25) is 6.79 Å². The van der Waals surface area contributed by atoms with E-state index in [0.717, 1.165) is 0 Å². The number of carboxylic acid groups (broad SMARTS) is 1. The Labute approximate surface area is 148 Å². The summed E-state index contributed by atoms with van der Waals surface area (Å²) in [4.78, 5) is 23.0. The highest BCUT2D eigenvalue weighted by molar-refractivity contribution is 6.05. The SMILES string of the molecule is O=C(O)CCC(=NO)c1ccc(NC(=O)c2ccc3c(c2)OCO3)cc1. The Balaban J connectivity index is 1.67. The number of oxime groups is 1. The smallest absolute Gasteiger partial charge is 0.303 e. The van der Waals surface area contributed by atoms with Crippen LogP contribution in [0.3, 0.4) is 0 Å². The molecule has 0 unspecified atom stereocenters. The molecule has 0 atom stereocenters. The van der Waals surface area contributed by atoms with Crippen LogP contribution in [0.2, 0.25) is 0 Å². The third-order valence-corrected chi connectivity index (χ3v) is 3.81. The maximum absolute atomic E-state index is 12.3. The quantitative estimate of drug-likeness (QED) is 0.416. The molecule has 0 aliphatic carbocycles. The van der Waals surface area contributed by atoms with Crippen LogP contribution in [0.5, 0.6) is 11.5 Å². The second-order valence-electron chi connectivity index (χ2n) is 5.54. The minimum atomic E-state index is -0.973. The lowest BCUT2D eigenvalue weighted by Crippen LogP contribution is -2.12. The molecule has 3 N–H and O–H groups in total. The first-order valence-electron chi connectivity index (χ1n) is 7.81. The summed E-state index contributed by atoms with van der Waals surface area (Å²) in [7, 11) is 0. The van der Waals surface area contributed by atoms with Crippen molar-refractivity contribution in [2.75, 3.05) is 12.1 Å². The zero-order valence-electron chi connectivity index (χ0n) is 13.6. The van der Waals surface area contributed by atoms with Crippen LogP contribution in [0.1, 0.15) is 28.8 Å². The van der Waals surface area contributed by atoms with Crippen molar-refractivity contribution in [1.82, 2.24) is 0 Å². The van der Waals surface area contributed by atoms with Gasteiger partial charge in [-0.25, -0.2) is 0 Å². The third kappa shape index (κ3) is 3.92. The van der Waals surface area contributed by atoms with Gasteiger partial charge in [-0.15, -0.1) is 0 Å². The molecule has 2 aromatic carbocycles. The lowest BCUT2D eigenvalue weighted by Gasteiger charge is -2.08. The number of hydrogen-bond acceptors (Lipinski definition) is 6. The number of carboxylic acids is 1. The van der Waals surface area contributed by atoms with E-state index < -0.39 is 5.97 Å². The highest BCUT2D eigenvalue weighted by Gasteiger charge is 2.16. The standard InChI is InChI=1S/C18H16N2O6/c21-17(22)8-6-14(20-24)11-1-4-13(5-2-11)19-18(23)12-3-7-15-16(9-12)26-10-25-15/h1-5,7,9,24H,6,8,10H2,(H,19,23)(H,21,22). The normalized spacial score (nSPS) is 12.7. The molecular weight excluding hydrogens is 340 g/mol. The van der Waals surface area contributed by atoms with Crippen molar-refractivity contribution in [3.05, 3.63) is 53.6 Å². The molecule has 134 valence electrons. The Bertz CT molecular complexity index is 860. The van der Waals surface area contributed by atoms with Gasteiger partial charge in [0, 0.05) is 17.7 Å². The van der Waals surface area contributed by atoms with E-state index >= 15 is 0 Å². The van der Waals surface area contributed by atoms with Gasteiger partial charge in [0.15, 0.2) is 11.5 Å². The molecule has 0 saturated carbocycles. The summed E-state index contributed by atoms with van der Waals surface area (Å²) >= 11 is 0. The van der Waals surface area contributed by atoms with Crippen molar-refractivity contribution < 1.29 is 29.4 Å². The van der Waals surface area contributed by atoms with Crippen LogP contribution in [0, 0.1) is 0 Å². The first-order chi connectivity index (χ1) is 12.6. The monoisotopic (exact) mass is 356 g/mol. The zero-order chi connectivity index (χ0) is 18.5. The molecule has 0 bridgehead atoms. The lowest BCUT2D eigenvalue weighted by atomic mass is 10.1. The fourth-order valence-electron chi connectivity index (χ4n) is 2.46. The minimum absolute atomic E-state index is 0.106. The van der Waals surface area contributed by atoms with Crippen LogP contribution in [-0.2, 0) is 4.79 Å². The zero-order valence-corrected chi connectivity index (χ0v) is 13.6. The van der Waals surface area contributed by atoms with Gasteiger partial charge in [0.1, 0.15) is 0 Å². The van der Waals surface area contributed by atoms with Gasteiger partial charge in [-0.05, 0) is 35.9 Å². The molecule has 0 saturated heterocycles. The first kappa shape index (κ1) is 17.3. The number of fused-ring (bicyclic) bond motifs is 1. The molecule has 1 aliphatic heterocycles. The number of aliphatic carboxylic acids is 1. The fourth-order valence-corrected chi connectivity index (χ4v) is 2.46. The summed E-state index contributed by atoms with van der Waals surface area (Å²) < 4.78 is 10.5. The average Bonchev–Trinajstić information content (AvgIpc) is 3.11. The molecule has 1 heterocycles. The molecule has 2 aromatic rings. The average molecular weight is 356 g/mol. The fraction of sp³-hybridized carbons (Fsp3) is 0.167. The highest BCUT2D eigenvalue weighted by Crippen LogP contribution is 2.32. The molecule has 8 heteroatoms. The van der Waals surface area contributed by atoms with E-state index in [1.165, 1.54) is 0 Å². The Morgan fingerprint density at radius 3 is 2.38 bits per heavy atom. The van der Waals surface area contributed by atoms with Crippen LogP contribution < -0.4 is 14.8 Å². The van der Waals surface area contributed by atoms with E-state index in [2.05, 4.69) is 10.5 Å². The summed E-state index contributed by atoms with van der Waals surface area (Å²) in [5.41, 5.74) is 1.82. The number of nitrogens with zero attached hydrogens (tertiary/aromatic N) is 1. The maximum atomic E-state index is 12.3. The van der Waals surface area contributed by atoms with Gasteiger partial charge in [-0.2, -0.15) is 0 Å². The number of carbonyl (C=O) groups excluding carboxylic acids is 1. The van der Waals surface area contributed by atoms with Crippen LogP contribution in [0.4, 0.5) is 5.69 Å². The molecule has 26 heavy (non-hydrogen) atoms. The summed E-state index contributed by atoms with van der Waals surface area (Å²) in [6, 6.07) is 11.5. The molecule has 1 aliphatic rings. The van der Waals surface area contributed by atoms with E-state index in [1.54, 1.807) is 42.5 Å². The first-order valence-corrected chi connectivity index (χ1v) is 7.81. The second-order valence-corrected chi connectivity index (χ2v) is 5.54. The number of amides is 1. The third-order valence-electron chi connectivity index (χ3n) is 3.81. The Hall–Kier alpha value is -3.55. The van der Waals surface area contributed by atoms with Crippen LogP contribution in [0.25, 0.3) is 0 Å². The van der Waals surface area contributed by atoms with Crippen LogP contribution in [0.15, 0.2) is 47.6 Å². The maximum Gasteiger partial charge on any atom is 0.303 e. The summed E-state index contributed by atoms with van der Waals surface area (Å²) in [6.45, 7) is 0.137. The van der Waals surface area contributed by atoms with E-state index in [1.807, 2.05) is 0 Å². The van der Waals surface area contributed by atoms with Gasteiger partial charge in [-0.1, -0.05) is 17.3 Å². The van der Waals surface area contributed by atoms with E-state index in [0.29, 0.717) is 28.3 Å². The van der Waals surface area contributed by atoms with E-state index in [4.69, 9.17) is 19.8 Å². The number of nitrogens with one attached hydrogen (secondary N) is 1. The number of hydrogen-bond donors (Lipinski definition) is 3. The van der Waals surface area contributed by atoms with Crippen LogP contribution in [-0.4, -0.2) is 34.7 Å². The molecule has 0 spiro atoms. The molecule has 3 rings (SSSR count). The van der Waals surface area contributed by atoms with Crippen LogP contribution >= 0.6 is 0 Å². The number of anilines is 1. The number of benzene rings is 2. The summed E-state index contributed by atoms with van der Waals surface area (Å²) in [5, 5.41) is 23.6. The number of rotatable bonds is 6. The topological polar surface area (TPSA) is 117 Å². The Morgan fingerprint density at radius 2 is 1.69 bits per heavy atom. The summed E-state index contributed by atoms with van der Waals surface area (Å²) in [6.07, 6.45) is -0.0310. The molecule has 0 radical (unpaired) electrons. The van der Waals surface area contributed by atoms with E-state index in [9.17, 15) is 9.59 Å². The Morgan fingerprint density at radius 1 is 1.00 bits per heavy atom. The second kappa shape index (κ2) is 7.56. The highest BCUT2D eigenvalue weighted by atomic mass is 16.7. The Kier molecular flexibility index (Phi) is 5.02. The van der Waals surface area contributed by atoms with Crippen molar-refractivity contribution in [1.29, 1.82) is 0 Å². The largest absolute Gasteiger partial charge is 0.481 e. The molecule has 8 nitrogen and oxygen atoms in total. The number of ether oxygens (including phenoxy) is 2. The molecular formula is C18H16N2O6. The van der Waals surface area contributed by atoms with Crippen molar-refractivity contribution in [2.24, 2.45) is 5.16 Å². The molecule has 0 aromatic heterocycles. The van der Waals surface area contributed by atoms with Gasteiger partial charge in [0.25, 0.3) is 5.91 Å². The lowest BCUT2D eigenvalue weighted by molar-refractivity contribution is -0.136. The van der Waals surface area contributed by atoms with Gasteiger partial charge in [-0.3, -0.25) is 9.59 Å².